The van der Waals surface area contributed by atoms with Crippen molar-refractivity contribution in [2.24, 2.45) is 0 Å². The fourth-order valence-corrected chi connectivity index (χ4v) is 2.37. The molecule has 1 heterocycles. The first-order chi connectivity index (χ1) is 11.6. The molecule has 24 heavy (non-hydrogen) atoms. The van der Waals surface area contributed by atoms with Gasteiger partial charge in [-0.2, -0.15) is 4.98 Å². The molecule has 0 spiro atoms. The van der Waals surface area contributed by atoms with Crippen molar-refractivity contribution in [3.63, 3.8) is 0 Å². The van der Waals surface area contributed by atoms with Crippen LogP contribution in [0, 0.1) is 0 Å². The van der Waals surface area contributed by atoms with Crippen LogP contribution >= 0.6 is 0 Å². The number of likely N-dealkylation sites (N-methyl/N-ethyl adjacent to an activating group) is 2. The van der Waals surface area contributed by atoms with Crippen LogP contribution in [0.2, 0.25) is 0 Å². The van der Waals surface area contributed by atoms with Crippen molar-refractivity contribution in [2.45, 2.75) is 20.4 Å². The van der Waals surface area contributed by atoms with Crippen molar-refractivity contribution >= 4 is 5.91 Å². The highest BCUT2D eigenvalue weighted by atomic mass is 16.5. The molecule has 0 radical (unpaired) electrons. The monoisotopic (exact) mass is 332 g/mol. The highest BCUT2D eigenvalue weighted by Crippen LogP contribution is 2.19. The molecule has 0 aliphatic carbocycles. The SMILES string of the molecule is CCN(CC)C(=O)CN(C)Cc1nc(-c2ccc(OC)cc2)no1. The predicted octanol–water partition coefficient (Wildman–Crippen LogP) is 2.05. The lowest BCUT2D eigenvalue weighted by Gasteiger charge is -2.22. The van der Waals surface area contributed by atoms with Crippen LogP contribution in [0.5, 0.6) is 5.75 Å². The van der Waals surface area contributed by atoms with E-state index in [1.54, 1.807) is 12.0 Å². The third kappa shape index (κ3) is 4.55. The van der Waals surface area contributed by atoms with E-state index in [0.29, 0.717) is 37.9 Å². The Kier molecular flexibility index (Phi) is 6.31. The quantitative estimate of drug-likeness (QED) is 0.737. The molecule has 2 rings (SSSR count). The van der Waals surface area contributed by atoms with Crippen LogP contribution in [0.1, 0.15) is 19.7 Å². The summed E-state index contributed by atoms with van der Waals surface area (Å²) in [6.45, 7) is 6.12. The number of amides is 1. The second-order valence-electron chi connectivity index (χ2n) is 5.48. The second-order valence-corrected chi connectivity index (χ2v) is 5.48. The van der Waals surface area contributed by atoms with Crippen molar-refractivity contribution in [1.82, 2.24) is 19.9 Å². The standard InChI is InChI=1S/C17H24N4O3/c1-5-21(6-2)16(22)12-20(3)11-15-18-17(19-24-15)13-7-9-14(23-4)10-8-13/h7-10H,5-6,11-12H2,1-4H3. The van der Waals surface area contributed by atoms with E-state index in [0.717, 1.165) is 11.3 Å². The van der Waals surface area contributed by atoms with Crippen LogP contribution in [0.4, 0.5) is 0 Å². The summed E-state index contributed by atoms with van der Waals surface area (Å²) in [5.74, 6) is 1.88. The topological polar surface area (TPSA) is 71.7 Å². The first-order valence-corrected chi connectivity index (χ1v) is 8.00. The zero-order chi connectivity index (χ0) is 17.5. The maximum absolute atomic E-state index is 12.1. The molecule has 7 heteroatoms. The van der Waals surface area contributed by atoms with Crippen molar-refractivity contribution in [3.8, 4) is 17.1 Å². The minimum Gasteiger partial charge on any atom is -0.497 e. The summed E-state index contributed by atoms with van der Waals surface area (Å²) < 4.78 is 10.4. The number of hydrogen-bond acceptors (Lipinski definition) is 6. The van der Waals surface area contributed by atoms with E-state index in [-0.39, 0.29) is 5.91 Å². The first-order valence-electron chi connectivity index (χ1n) is 8.00. The number of nitrogens with zero attached hydrogens (tertiary/aromatic N) is 4. The van der Waals surface area contributed by atoms with Gasteiger partial charge in [0.25, 0.3) is 0 Å². The Hall–Kier alpha value is -2.41. The van der Waals surface area contributed by atoms with Crippen LogP contribution in [-0.2, 0) is 11.3 Å². The van der Waals surface area contributed by atoms with Gasteiger partial charge in [-0.25, -0.2) is 0 Å². The molecule has 0 saturated heterocycles. The Bertz CT molecular complexity index is 650. The van der Waals surface area contributed by atoms with Crippen LogP contribution in [0.3, 0.4) is 0 Å². The van der Waals surface area contributed by atoms with Crippen molar-refractivity contribution in [1.29, 1.82) is 0 Å². The van der Waals surface area contributed by atoms with Crippen molar-refractivity contribution < 1.29 is 14.1 Å². The van der Waals surface area contributed by atoms with E-state index in [9.17, 15) is 4.79 Å². The van der Waals surface area contributed by atoms with E-state index >= 15 is 0 Å². The van der Waals surface area contributed by atoms with E-state index < -0.39 is 0 Å². The Morgan fingerprint density at radius 3 is 2.46 bits per heavy atom. The van der Waals surface area contributed by atoms with Gasteiger partial charge in [-0.15, -0.1) is 0 Å². The normalized spacial score (nSPS) is 10.9. The second kappa shape index (κ2) is 8.44. The minimum atomic E-state index is 0.0948. The lowest BCUT2D eigenvalue weighted by molar-refractivity contribution is -0.131. The van der Waals surface area contributed by atoms with Gasteiger partial charge in [0.15, 0.2) is 0 Å². The molecule has 7 nitrogen and oxygen atoms in total. The maximum Gasteiger partial charge on any atom is 0.241 e. The molecule has 0 N–H and O–H groups in total. The van der Waals surface area contributed by atoms with E-state index in [2.05, 4.69) is 10.1 Å². The highest BCUT2D eigenvalue weighted by Gasteiger charge is 2.15. The van der Waals surface area contributed by atoms with Gasteiger partial charge in [0.1, 0.15) is 5.75 Å². The summed E-state index contributed by atoms with van der Waals surface area (Å²) in [7, 11) is 3.48. The van der Waals surface area contributed by atoms with Crippen molar-refractivity contribution in [3.05, 3.63) is 30.2 Å². The van der Waals surface area contributed by atoms with Crippen LogP contribution < -0.4 is 4.74 Å². The molecule has 0 atom stereocenters. The zero-order valence-corrected chi connectivity index (χ0v) is 14.7. The van der Waals surface area contributed by atoms with E-state index in [1.807, 2.05) is 50.1 Å². The largest absolute Gasteiger partial charge is 0.497 e. The van der Waals surface area contributed by atoms with Crippen LogP contribution in [0.15, 0.2) is 28.8 Å². The average Bonchev–Trinajstić information content (AvgIpc) is 3.04. The minimum absolute atomic E-state index is 0.0948. The Labute approximate surface area is 142 Å². The summed E-state index contributed by atoms with van der Waals surface area (Å²) in [5, 5.41) is 3.99. The molecule has 1 aromatic carbocycles. The molecular formula is C17H24N4O3. The fraction of sp³-hybridized carbons (Fsp3) is 0.471. The van der Waals surface area contributed by atoms with Crippen LogP contribution in [-0.4, -0.2) is 59.6 Å². The number of carbonyl (C=O) groups excluding carboxylic acids is 1. The lowest BCUT2D eigenvalue weighted by Crippen LogP contribution is -2.38. The number of rotatable bonds is 8. The molecule has 1 amide bonds. The number of hydrogen-bond donors (Lipinski definition) is 0. The molecule has 1 aromatic heterocycles. The Morgan fingerprint density at radius 2 is 1.88 bits per heavy atom. The summed E-state index contributed by atoms with van der Waals surface area (Å²) in [6, 6.07) is 7.45. The van der Waals surface area contributed by atoms with E-state index in [1.165, 1.54) is 0 Å². The first kappa shape index (κ1) is 17.9. The molecule has 0 aliphatic heterocycles. The van der Waals surface area contributed by atoms with Gasteiger partial charge in [-0.1, -0.05) is 5.16 Å². The summed E-state index contributed by atoms with van der Waals surface area (Å²) in [4.78, 5) is 20.1. The van der Waals surface area contributed by atoms with Gasteiger partial charge in [0, 0.05) is 18.7 Å². The molecule has 0 bridgehead atoms. The Morgan fingerprint density at radius 1 is 1.21 bits per heavy atom. The molecular weight excluding hydrogens is 308 g/mol. The number of ether oxygens (including phenoxy) is 1. The number of carbonyl (C=O) groups is 1. The highest BCUT2D eigenvalue weighted by molar-refractivity contribution is 5.78. The molecule has 0 aliphatic rings. The van der Waals surface area contributed by atoms with Crippen LogP contribution in [0.25, 0.3) is 11.4 Å². The molecule has 130 valence electrons. The molecule has 0 fully saturated rings. The van der Waals surface area contributed by atoms with Gasteiger partial charge in [-0.3, -0.25) is 9.69 Å². The van der Waals surface area contributed by atoms with Crippen molar-refractivity contribution in [2.75, 3.05) is 33.8 Å². The molecule has 0 unspecified atom stereocenters. The van der Waals surface area contributed by atoms with Gasteiger partial charge in [-0.05, 0) is 45.2 Å². The van der Waals surface area contributed by atoms with E-state index in [4.69, 9.17) is 9.26 Å². The van der Waals surface area contributed by atoms with Gasteiger partial charge in [0.05, 0.1) is 20.2 Å². The number of benzene rings is 1. The fourth-order valence-electron chi connectivity index (χ4n) is 2.37. The third-order valence-electron chi connectivity index (χ3n) is 3.74. The summed E-state index contributed by atoms with van der Waals surface area (Å²) in [6.07, 6.45) is 0. The third-order valence-corrected chi connectivity index (χ3v) is 3.74. The van der Waals surface area contributed by atoms with Gasteiger partial charge in [0.2, 0.25) is 17.6 Å². The summed E-state index contributed by atoms with van der Waals surface area (Å²) in [5.41, 5.74) is 0.854. The smallest absolute Gasteiger partial charge is 0.241 e. The Balaban J connectivity index is 1.96. The predicted molar refractivity (Wildman–Crippen MR) is 90.5 cm³/mol. The van der Waals surface area contributed by atoms with Gasteiger partial charge >= 0.3 is 0 Å². The lowest BCUT2D eigenvalue weighted by atomic mass is 10.2. The molecule has 2 aromatic rings. The summed E-state index contributed by atoms with van der Waals surface area (Å²) >= 11 is 0. The number of aromatic nitrogens is 2. The van der Waals surface area contributed by atoms with Gasteiger partial charge < -0.3 is 14.2 Å². The molecule has 0 saturated carbocycles. The maximum atomic E-state index is 12.1. The zero-order valence-electron chi connectivity index (χ0n) is 14.7. The average molecular weight is 332 g/mol. The number of methoxy groups -OCH3 is 1.